The van der Waals surface area contributed by atoms with Crippen LogP contribution in [-0.2, 0) is 24.7 Å². The van der Waals surface area contributed by atoms with Crippen molar-refractivity contribution in [2.24, 2.45) is 0 Å². The van der Waals surface area contributed by atoms with Gasteiger partial charge < -0.3 is 0 Å². The largest absolute Gasteiger partial charge is 0.339 e. The van der Waals surface area contributed by atoms with Crippen LogP contribution in [0, 0.1) is 0 Å². The fourth-order valence-corrected chi connectivity index (χ4v) is 6.38. The molecule has 0 bridgehead atoms. The van der Waals surface area contributed by atoms with Crippen LogP contribution in [0.2, 0.25) is 0 Å². The third-order valence-electron chi connectivity index (χ3n) is 3.94. The molecule has 0 saturated carbocycles. The van der Waals surface area contributed by atoms with Crippen LogP contribution in [0.15, 0.2) is 0 Å². The van der Waals surface area contributed by atoms with Gasteiger partial charge in [-0.2, -0.15) is 29.8 Å². The summed E-state index contributed by atoms with van der Waals surface area (Å²) in [5.74, 6) is 0. The van der Waals surface area contributed by atoms with Gasteiger partial charge in [0.05, 0.1) is 6.61 Å². The molecule has 0 aromatic carbocycles. The molecule has 130 valence electrons. The van der Waals surface area contributed by atoms with Crippen molar-refractivity contribution >= 4 is 20.5 Å². The minimum atomic E-state index is -3.77. The van der Waals surface area contributed by atoms with Gasteiger partial charge in [0.1, 0.15) is 0 Å². The summed E-state index contributed by atoms with van der Waals surface area (Å²) in [6, 6.07) is 0. The number of nitrogens with zero attached hydrogens (tertiary/aromatic N) is 3. The summed E-state index contributed by atoms with van der Waals surface area (Å²) in [6.07, 6.45) is 0. The van der Waals surface area contributed by atoms with Crippen LogP contribution in [0.25, 0.3) is 0 Å². The van der Waals surface area contributed by atoms with E-state index < -0.39 is 31.6 Å². The van der Waals surface area contributed by atoms with Gasteiger partial charge in [0.15, 0.2) is 0 Å². The molecule has 0 aromatic heterocycles. The maximum atomic E-state index is 12.6. The smallest absolute Gasteiger partial charge is 0.256 e. The van der Waals surface area contributed by atoms with Gasteiger partial charge in [-0.1, -0.05) is 0 Å². The third kappa shape index (κ3) is 3.17. The molecule has 0 aromatic rings. The summed E-state index contributed by atoms with van der Waals surface area (Å²) in [6.45, 7) is 10.2. The van der Waals surface area contributed by atoms with Crippen molar-refractivity contribution in [2.45, 2.75) is 45.7 Å². The van der Waals surface area contributed by atoms with Gasteiger partial charge in [-0.3, -0.25) is 4.18 Å². The lowest BCUT2D eigenvalue weighted by Gasteiger charge is -2.36. The second kappa shape index (κ2) is 5.38. The molecule has 0 N–H and O–H groups in total. The first-order valence-electron chi connectivity index (χ1n) is 7.24. The molecule has 2 rings (SSSR count). The Morgan fingerprint density at radius 2 is 1.50 bits per heavy atom. The van der Waals surface area contributed by atoms with Crippen LogP contribution >= 0.6 is 0 Å². The Morgan fingerprint density at radius 1 is 0.909 bits per heavy atom. The molecule has 0 radical (unpaired) electrons. The Bertz CT molecular complexity index is 636. The maximum Gasteiger partial charge on any atom is 0.339 e. The highest BCUT2D eigenvalue weighted by atomic mass is 32.2. The Balaban J connectivity index is 2.21. The molecular weight excluding hydrogens is 330 g/mol. The second-order valence-electron chi connectivity index (χ2n) is 7.25. The van der Waals surface area contributed by atoms with E-state index in [1.165, 1.54) is 12.9 Å². The molecule has 2 aliphatic heterocycles. The lowest BCUT2D eigenvalue weighted by atomic mass is 10.1. The second-order valence-corrected chi connectivity index (χ2v) is 10.6. The van der Waals surface area contributed by atoms with Gasteiger partial charge in [0.2, 0.25) is 0 Å². The van der Waals surface area contributed by atoms with Crippen LogP contribution in [0.1, 0.15) is 34.6 Å². The van der Waals surface area contributed by atoms with Crippen LogP contribution < -0.4 is 0 Å². The highest BCUT2D eigenvalue weighted by Gasteiger charge is 2.48. The topological polar surface area (TPSA) is 87.2 Å². The van der Waals surface area contributed by atoms with Gasteiger partial charge >= 0.3 is 10.3 Å². The zero-order valence-electron chi connectivity index (χ0n) is 13.7. The van der Waals surface area contributed by atoms with E-state index >= 15 is 0 Å². The molecular formula is C12H25N3O5S2. The SMILES string of the molecule is CC(C)(C)N1CCN(CC(C)(C)N2CCOS2(=O)=O)S1(=O)=O. The zero-order chi connectivity index (χ0) is 17.0. The van der Waals surface area contributed by atoms with Gasteiger partial charge in [-0.15, -0.1) is 0 Å². The molecule has 2 aliphatic rings. The van der Waals surface area contributed by atoms with Gasteiger partial charge in [-0.05, 0) is 34.6 Å². The van der Waals surface area contributed by atoms with Gasteiger partial charge in [0.25, 0.3) is 10.2 Å². The summed E-state index contributed by atoms with van der Waals surface area (Å²) in [4.78, 5) is 0. The fourth-order valence-electron chi connectivity index (χ4n) is 2.93. The van der Waals surface area contributed by atoms with Crippen molar-refractivity contribution < 1.29 is 21.0 Å². The van der Waals surface area contributed by atoms with E-state index in [2.05, 4.69) is 0 Å². The third-order valence-corrected chi connectivity index (χ3v) is 7.87. The molecule has 0 spiro atoms. The zero-order valence-corrected chi connectivity index (χ0v) is 15.4. The van der Waals surface area contributed by atoms with Crippen molar-refractivity contribution in [3.8, 4) is 0 Å². The Kier molecular flexibility index (Phi) is 4.43. The first-order valence-corrected chi connectivity index (χ1v) is 10.00. The average Bonchev–Trinajstić information content (AvgIpc) is 2.78. The van der Waals surface area contributed by atoms with E-state index in [4.69, 9.17) is 4.18 Å². The summed E-state index contributed by atoms with van der Waals surface area (Å²) < 4.78 is 57.9. The van der Waals surface area contributed by atoms with Crippen molar-refractivity contribution in [1.29, 1.82) is 0 Å². The Morgan fingerprint density at radius 3 is 1.91 bits per heavy atom. The summed E-state index contributed by atoms with van der Waals surface area (Å²) in [7, 11) is -7.35. The normalized spacial score (nSPS) is 27.5. The molecule has 0 amide bonds. The van der Waals surface area contributed by atoms with Crippen molar-refractivity contribution in [1.82, 2.24) is 12.9 Å². The highest BCUT2D eigenvalue weighted by Crippen LogP contribution is 2.30. The molecule has 22 heavy (non-hydrogen) atoms. The van der Waals surface area contributed by atoms with Crippen LogP contribution in [-0.4, -0.2) is 73.6 Å². The maximum absolute atomic E-state index is 12.6. The van der Waals surface area contributed by atoms with E-state index in [0.29, 0.717) is 13.1 Å². The van der Waals surface area contributed by atoms with E-state index in [9.17, 15) is 16.8 Å². The van der Waals surface area contributed by atoms with Gasteiger partial charge in [0, 0.05) is 37.3 Å². The average molecular weight is 355 g/mol. The van der Waals surface area contributed by atoms with Crippen molar-refractivity contribution in [3.63, 3.8) is 0 Å². The minimum Gasteiger partial charge on any atom is -0.256 e. The first kappa shape index (κ1) is 18.1. The monoisotopic (exact) mass is 355 g/mol. The van der Waals surface area contributed by atoms with Crippen molar-refractivity contribution in [3.05, 3.63) is 0 Å². The predicted octanol–water partition coefficient (Wildman–Crippen LogP) is 0.00290. The number of hydrogen-bond acceptors (Lipinski definition) is 5. The molecule has 2 fully saturated rings. The molecule has 0 aliphatic carbocycles. The fraction of sp³-hybridized carbons (Fsp3) is 1.00. The summed E-state index contributed by atoms with van der Waals surface area (Å²) in [5.41, 5.74) is -1.36. The molecule has 2 saturated heterocycles. The van der Waals surface area contributed by atoms with Crippen LogP contribution in [0.4, 0.5) is 0 Å². The van der Waals surface area contributed by atoms with E-state index in [-0.39, 0.29) is 19.7 Å². The molecule has 0 atom stereocenters. The van der Waals surface area contributed by atoms with Crippen molar-refractivity contribution in [2.75, 3.05) is 32.8 Å². The van der Waals surface area contributed by atoms with E-state index in [1.807, 2.05) is 20.8 Å². The number of rotatable bonds is 3. The van der Waals surface area contributed by atoms with Crippen LogP contribution in [0.5, 0.6) is 0 Å². The molecule has 0 unspecified atom stereocenters. The standard InChI is InChI=1S/C12H25N3O5S2/c1-11(2,3)14-7-6-13(21(14,16)17)10-12(4,5)15-8-9-20-22(15,18)19/h6-10H2,1-5H3. The lowest BCUT2D eigenvalue weighted by Crippen LogP contribution is -2.53. The first-order chi connectivity index (χ1) is 9.78. The molecule has 2 heterocycles. The summed E-state index contributed by atoms with van der Waals surface area (Å²) in [5, 5.41) is 0. The van der Waals surface area contributed by atoms with Gasteiger partial charge in [-0.25, -0.2) is 0 Å². The molecule has 10 heteroatoms. The summed E-state index contributed by atoms with van der Waals surface area (Å²) >= 11 is 0. The van der Waals surface area contributed by atoms with E-state index in [1.54, 1.807) is 13.8 Å². The minimum absolute atomic E-state index is 0.102. The number of hydrogen-bond donors (Lipinski definition) is 0. The highest BCUT2D eigenvalue weighted by molar-refractivity contribution is 7.87. The lowest BCUT2D eigenvalue weighted by molar-refractivity contribution is 0.203. The Labute approximate surface area is 133 Å². The van der Waals surface area contributed by atoms with Crippen LogP contribution in [0.3, 0.4) is 0 Å². The Hall–Kier alpha value is -0.260. The predicted molar refractivity (Wildman–Crippen MR) is 82.6 cm³/mol. The molecule has 8 nitrogen and oxygen atoms in total. The van der Waals surface area contributed by atoms with E-state index in [0.717, 1.165) is 0 Å². The quantitative estimate of drug-likeness (QED) is 0.711.